The molecule has 14 heavy (non-hydrogen) atoms. The van der Waals surface area contributed by atoms with Crippen molar-refractivity contribution in [2.24, 2.45) is 0 Å². The molecule has 0 saturated carbocycles. The van der Waals surface area contributed by atoms with Crippen molar-refractivity contribution in [3.8, 4) is 0 Å². The van der Waals surface area contributed by atoms with E-state index < -0.39 is 16.8 Å². The Balaban J connectivity index is 2.94. The zero-order valence-corrected chi connectivity index (χ0v) is 7.51. The van der Waals surface area contributed by atoms with E-state index in [1.54, 1.807) is 0 Å². The summed E-state index contributed by atoms with van der Waals surface area (Å²) in [7, 11) is 0. The second kappa shape index (κ2) is 3.97. The van der Waals surface area contributed by atoms with Crippen molar-refractivity contribution >= 4 is 11.5 Å². The van der Waals surface area contributed by atoms with Crippen LogP contribution in [0, 0.1) is 10.1 Å². The minimum atomic E-state index is -1.09. The number of carbonyl (C=O) groups excluding carboxylic acids is 1. The normalized spacial score (nSPS) is 12.1. The minimum Gasteiger partial charge on any atom is -0.385 e. The first-order valence-corrected chi connectivity index (χ1v) is 3.99. The topological polar surface area (TPSA) is 80.4 Å². The molecule has 0 heterocycles. The van der Waals surface area contributed by atoms with Crippen LogP contribution in [-0.2, 0) is 0 Å². The second-order valence-corrected chi connectivity index (χ2v) is 2.84. The summed E-state index contributed by atoms with van der Waals surface area (Å²) in [4.78, 5) is 20.9. The van der Waals surface area contributed by atoms with E-state index in [9.17, 15) is 14.9 Å². The summed E-state index contributed by atoms with van der Waals surface area (Å²) in [5.41, 5.74) is 0.192. The van der Waals surface area contributed by atoms with Crippen LogP contribution in [0.25, 0.3) is 0 Å². The molecule has 0 aliphatic rings. The molecule has 1 rings (SSSR count). The number of aliphatic hydroxyl groups is 1. The van der Waals surface area contributed by atoms with Crippen LogP contribution < -0.4 is 0 Å². The Kier molecular flexibility index (Phi) is 2.93. The Bertz CT molecular complexity index is 356. The van der Waals surface area contributed by atoms with E-state index in [2.05, 4.69) is 0 Å². The third kappa shape index (κ3) is 2.14. The maximum absolute atomic E-state index is 11.2. The van der Waals surface area contributed by atoms with Crippen molar-refractivity contribution in [1.29, 1.82) is 0 Å². The number of nitrogens with zero attached hydrogens (tertiary/aromatic N) is 1. The van der Waals surface area contributed by atoms with Crippen molar-refractivity contribution in [3.05, 3.63) is 39.9 Å². The summed E-state index contributed by atoms with van der Waals surface area (Å²) in [6.45, 7) is 1.35. The van der Waals surface area contributed by atoms with Crippen molar-refractivity contribution in [3.63, 3.8) is 0 Å². The van der Waals surface area contributed by atoms with E-state index in [4.69, 9.17) is 5.11 Å². The number of non-ortho nitro benzene ring substituents is 1. The van der Waals surface area contributed by atoms with E-state index in [1.165, 1.54) is 31.2 Å². The van der Waals surface area contributed by atoms with E-state index in [0.29, 0.717) is 0 Å². The fraction of sp³-hybridized carbons (Fsp3) is 0.222. The Hall–Kier alpha value is -1.75. The molecule has 1 atom stereocenters. The summed E-state index contributed by atoms with van der Waals surface area (Å²) < 4.78 is 0. The molecule has 0 radical (unpaired) electrons. The van der Waals surface area contributed by atoms with Gasteiger partial charge in [0.1, 0.15) is 6.10 Å². The van der Waals surface area contributed by atoms with Crippen LogP contribution in [0.3, 0.4) is 0 Å². The van der Waals surface area contributed by atoms with Gasteiger partial charge in [-0.1, -0.05) is 0 Å². The van der Waals surface area contributed by atoms with Gasteiger partial charge in [-0.15, -0.1) is 0 Å². The Morgan fingerprint density at radius 3 is 2.29 bits per heavy atom. The highest BCUT2D eigenvalue weighted by Crippen LogP contribution is 2.13. The summed E-state index contributed by atoms with van der Waals surface area (Å²) in [5, 5.41) is 19.3. The molecule has 0 aliphatic heterocycles. The van der Waals surface area contributed by atoms with Gasteiger partial charge < -0.3 is 5.11 Å². The molecule has 1 unspecified atom stereocenters. The monoisotopic (exact) mass is 195 g/mol. The SMILES string of the molecule is CC(O)C(=O)c1ccc([N+](=O)[O-])cc1. The van der Waals surface area contributed by atoms with Gasteiger partial charge in [-0.2, -0.15) is 0 Å². The number of hydrogen-bond acceptors (Lipinski definition) is 4. The van der Waals surface area contributed by atoms with E-state index in [1.807, 2.05) is 0 Å². The van der Waals surface area contributed by atoms with Crippen LogP contribution in [0.1, 0.15) is 17.3 Å². The van der Waals surface area contributed by atoms with Crippen molar-refractivity contribution in [2.45, 2.75) is 13.0 Å². The van der Waals surface area contributed by atoms with Gasteiger partial charge in [0.25, 0.3) is 5.69 Å². The van der Waals surface area contributed by atoms with Gasteiger partial charge in [0, 0.05) is 17.7 Å². The van der Waals surface area contributed by atoms with Gasteiger partial charge in [0.2, 0.25) is 0 Å². The molecule has 1 N–H and O–H groups in total. The highest BCUT2D eigenvalue weighted by molar-refractivity contribution is 5.99. The lowest BCUT2D eigenvalue weighted by Gasteiger charge is -2.02. The molecular formula is C9H9NO4. The number of benzene rings is 1. The lowest BCUT2D eigenvalue weighted by Crippen LogP contribution is -2.15. The smallest absolute Gasteiger partial charge is 0.269 e. The predicted octanol–water partition coefficient (Wildman–Crippen LogP) is 1.16. The van der Waals surface area contributed by atoms with Gasteiger partial charge in [-0.25, -0.2) is 0 Å². The fourth-order valence-corrected chi connectivity index (χ4v) is 0.989. The zero-order valence-electron chi connectivity index (χ0n) is 7.51. The van der Waals surface area contributed by atoms with Crippen LogP contribution in [0.15, 0.2) is 24.3 Å². The van der Waals surface area contributed by atoms with Gasteiger partial charge in [-0.05, 0) is 19.1 Å². The lowest BCUT2D eigenvalue weighted by atomic mass is 10.1. The average Bonchev–Trinajstić information content (AvgIpc) is 2.16. The largest absolute Gasteiger partial charge is 0.385 e. The molecule has 0 aromatic heterocycles. The third-order valence-corrected chi connectivity index (χ3v) is 1.74. The Labute approximate surface area is 80.1 Å². The van der Waals surface area contributed by atoms with Crippen LogP contribution in [0.2, 0.25) is 0 Å². The molecule has 0 amide bonds. The number of rotatable bonds is 3. The third-order valence-electron chi connectivity index (χ3n) is 1.74. The highest BCUT2D eigenvalue weighted by atomic mass is 16.6. The first-order chi connectivity index (χ1) is 6.52. The standard InChI is InChI=1S/C9H9NO4/c1-6(11)9(12)7-2-4-8(5-3-7)10(13)14/h2-6,11H,1H3. The molecule has 1 aromatic carbocycles. The maximum atomic E-state index is 11.2. The average molecular weight is 195 g/mol. The molecule has 74 valence electrons. The van der Waals surface area contributed by atoms with Gasteiger partial charge in [-0.3, -0.25) is 14.9 Å². The Morgan fingerprint density at radius 1 is 1.43 bits per heavy atom. The number of carbonyl (C=O) groups is 1. The van der Waals surface area contributed by atoms with Crippen molar-refractivity contribution < 1.29 is 14.8 Å². The zero-order chi connectivity index (χ0) is 10.7. The molecule has 0 saturated heterocycles. The molecule has 0 bridgehead atoms. The van der Waals surface area contributed by atoms with Crippen LogP contribution in [0.5, 0.6) is 0 Å². The summed E-state index contributed by atoms with van der Waals surface area (Å²) in [6.07, 6.45) is -1.09. The fourth-order valence-electron chi connectivity index (χ4n) is 0.989. The molecule has 5 heteroatoms. The van der Waals surface area contributed by atoms with Gasteiger partial charge in [0.05, 0.1) is 4.92 Å². The van der Waals surface area contributed by atoms with Crippen LogP contribution in [-0.4, -0.2) is 21.9 Å². The number of nitro benzene ring substituents is 1. The first kappa shape index (κ1) is 10.3. The lowest BCUT2D eigenvalue weighted by molar-refractivity contribution is -0.384. The molecule has 1 aromatic rings. The summed E-state index contributed by atoms with van der Waals surface area (Å²) in [5.74, 6) is -0.445. The summed E-state index contributed by atoms with van der Waals surface area (Å²) >= 11 is 0. The highest BCUT2D eigenvalue weighted by Gasteiger charge is 2.13. The van der Waals surface area contributed by atoms with Gasteiger partial charge >= 0.3 is 0 Å². The molecule has 0 spiro atoms. The minimum absolute atomic E-state index is 0.0767. The number of nitro groups is 1. The number of aliphatic hydroxyl groups excluding tert-OH is 1. The second-order valence-electron chi connectivity index (χ2n) is 2.84. The van der Waals surface area contributed by atoms with Crippen molar-refractivity contribution in [2.75, 3.05) is 0 Å². The quantitative estimate of drug-likeness (QED) is 0.445. The number of Topliss-reactive ketones (excluding diaryl/α,β-unsaturated/α-hetero) is 1. The molecule has 5 nitrogen and oxygen atoms in total. The maximum Gasteiger partial charge on any atom is 0.269 e. The van der Waals surface area contributed by atoms with Gasteiger partial charge in [0.15, 0.2) is 5.78 Å². The number of ketones is 1. The first-order valence-electron chi connectivity index (χ1n) is 3.99. The van der Waals surface area contributed by atoms with E-state index >= 15 is 0 Å². The molecule has 0 aliphatic carbocycles. The summed E-state index contributed by atoms with van der Waals surface area (Å²) in [6, 6.07) is 5.12. The van der Waals surface area contributed by atoms with Crippen molar-refractivity contribution in [1.82, 2.24) is 0 Å². The van der Waals surface area contributed by atoms with E-state index in [0.717, 1.165) is 0 Å². The van der Waals surface area contributed by atoms with Crippen LogP contribution in [0.4, 0.5) is 5.69 Å². The van der Waals surface area contributed by atoms with Crippen LogP contribution >= 0.6 is 0 Å². The molecule has 0 fully saturated rings. The Morgan fingerprint density at radius 2 is 1.93 bits per heavy atom. The van der Waals surface area contributed by atoms with E-state index in [-0.39, 0.29) is 11.3 Å². The predicted molar refractivity (Wildman–Crippen MR) is 49.1 cm³/mol. The molecular weight excluding hydrogens is 186 g/mol. The number of hydrogen-bond donors (Lipinski definition) is 1.